The van der Waals surface area contributed by atoms with Crippen molar-refractivity contribution in [1.82, 2.24) is 15.1 Å². The van der Waals surface area contributed by atoms with Crippen molar-refractivity contribution in [3.05, 3.63) is 77.7 Å². The van der Waals surface area contributed by atoms with Gasteiger partial charge < -0.3 is 5.11 Å². The molecule has 2 N–H and O–H groups in total. The number of aryl methyl sites for hydroxylation is 1. The summed E-state index contributed by atoms with van der Waals surface area (Å²) in [6, 6.07) is 17.1. The summed E-state index contributed by atoms with van der Waals surface area (Å²) in [5.74, 6) is -0.249. The van der Waals surface area contributed by atoms with Gasteiger partial charge in [-0.05, 0) is 49.9 Å². The van der Waals surface area contributed by atoms with Crippen molar-refractivity contribution in [2.75, 3.05) is 19.7 Å². The van der Waals surface area contributed by atoms with Crippen molar-refractivity contribution >= 4 is 0 Å². The predicted molar refractivity (Wildman–Crippen MR) is 113 cm³/mol. The monoisotopic (exact) mass is 393 g/mol. The molecule has 0 aliphatic carbocycles. The molecular weight excluding hydrogens is 365 g/mol. The molecular formula is C24H28FN3O. The van der Waals surface area contributed by atoms with Crippen molar-refractivity contribution in [2.24, 2.45) is 5.41 Å². The van der Waals surface area contributed by atoms with Crippen LogP contribution in [0, 0.1) is 11.2 Å². The van der Waals surface area contributed by atoms with E-state index in [2.05, 4.69) is 39.4 Å². The maximum absolute atomic E-state index is 13.6. The number of piperidine rings is 1. The van der Waals surface area contributed by atoms with Gasteiger partial charge in [0, 0.05) is 36.2 Å². The lowest BCUT2D eigenvalue weighted by atomic mass is 9.76. The summed E-state index contributed by atoms with van der Waals surface area (Å²) >= 11 is 0. The fraction of sp³-hybridized carbons (Fsp3) is 0.375. The van der Waals surface area contributed by atoms with E-state index in [1.165, 1.54) is 17.7 Å². The van der Waals surface area contributed by atoms with Gasteiger partial charge in [-0.1, -0.05) is 42.5 Å². The Kier molecular flexibility index (Phi) is 6.07. The van der Waals surface area contributed by atoms with Gasteiger partial charge in [-0.3, -0.25) is 10.00 Å². The van der Waals surface area contributed by atoms with E-state index in [0.29, 0.717) is 0 Å². The number of hydrogen-bond donors (Lipinski definition) is 2. The van der Waals surface area contributed by atoms with Gasteiger partial charge in [0.1, 0.15) is 5.82 Å². The summed E-state index contributed by atoms with van der Waals surface area (Å²) in [6.07, 6.45) is 5.92. The van der Waals surface area contributed by atoms with Crippen LogP contribution < -0.4 is 0 Å². The Morgan fingerprint density at radius 1 is 1.14 bits per heavy atom. The normalized spacial score (nSPS) is 20.1. The molecule has 0 bridgehead atoms. The molecule has 29 heavy (non-hydrogen) atoms. The third-order valence-electron chi connectivity index (χ3n) is 6.09. The number of nitrogens with one attached hydrogen (secondary N) is 1. The highest BCUT2D eigenvalue weighted by molar-refractivity contribution is 5.62. The summed E-state index contributed by atoms with van der Waals surface area (Å²) in [6.45, 7) is 2.82. The van der Waals surface area contributed by atoms with Crippen molar-refractivity contribution in [2.45, 2.75) is 32.2 Å². The fourth-order valence-electron chi connectivity index (χ4n) is 4.48. The minimum Gasteiger partial charge on any atom is -0.396 e. The van der Waals surface area contributed by atoms with Gasteiger partial charge in [-0.25, -0.2) is 4.39 Å². The zero-order valence-corrected chi connectivity index (χ0v) is 16.6. The molecule has 0 saturated carbocycles. The van der Waals surface area contributed by atoms with Crippen LogP contribution >= 0.6 is 0 Å². The number of aliphatic hydroxyl groups excluding tert-OH is 1. The van der Waals surface area contributed by atoms with Gasteiger partial charge in [0.05, 0.1) is 11.9 Å². The summed E-state index contributed by atoms with van der Waals surface area (Å²) in [5.41, 5.74) is 3.99. The standard InChI is InChI=1S/C24H28FN3O/c25-22-9-4-8-20(14-22)23-21(15-26-27-23)16-28-13-5-11-24(17-28,18-29)12-10-19-6-2-1-3-7-19/h1-4,6-9,14-15,29H,5,10-13,16-18H2,(H,26,27)/t24-/m0/s1. The molecule has 0 amide bonds. The topological polar surface area (TPSA) is 52.1 Å². The highest BCUT2D eigenvalue weighted by Crippen LogP contribution is 2.35. The molecule has 5 heteroatoms. The Morgan fingerprint density at radius 2 is 2.00 bits per heavy atom. The van der Waals surface area contributed by atoms with E-state index in [0.717, 1.165) is 62.1 Å². The first kappa shape index (κ1) is 19.8. The fourth-order valence-corrected chi connectivity index (χ4v) is 4.48. The van der Waals surface area contributed by atoms with Crippen molar-refractivity contribution < 1.29 is 9.50 Å². The van der Waals surface area contributed by atoms with Gasteiger partial charge in [-0.2, -0.15) is 5.10 Å². The highest BCUT2D eigenvalue weighted by atomic mass is 19.1. The minimum atomic E-state index is -0.249. The van der Waals surface area contributed by atoms with Crippen LogP contribution in [0.15, 0.2) is 60.8 Å². The molecule has 1 aliphatic rings. The molecule has 2 aromatic carbocycles. The molecule has 152 valence electrons. The van der Waals surface area contributed by atoms with Crippen LogP contribution in [0.5, 0.6) is 0 Å². The maximum atomic E-state index is 13.6. The van der Waals surface area contributed by atoms with Crippen LogP contribution in [-0.4, -0.2) is 39.9 Å². The number of benzene rings is 2. The summed E-state index contributed by atoms with van der Waals surface area (Å²) < 4.78 is 13.6. The van der Waals surface area contributed by atoms with Crippen LogP contribution in [-0.2, 0) is 13.0 Å². The Bertz CT molecular complexity index is 927. The molecule has 3 aromatic rings. The number of aromatic nitrogens is 2. The highest BCUT2D eigenvalue weighted by Gasteiger charge is 2.34. The summed E-state index contributed by atoms with van der Waals surface area (Å²) in [7, 11) is 0. The predicted octanol–water partition coefficient (Wildman–Crippen LogP) is 4.42. The van der Waals surface area contributed by atoms with E-state index in [4.69, 9.17) is 0 Å². The van der Waals surface area contributed by atoms with Gasteiger partial charge in [0.15, 0.2) is 0 Å². The molecule has 4 rings (SSSR count). The lowest BCUT2D eigenvalue weighted by Gasteiger charge is -2.42. The molecule has 0 radical (unpaired) electrons. The number of aliphatic hydroxyl groups is 1. The molecule has 4 nitrogen and oxygen atoms in total. The Balaban J connectivity index is 1.45. The molecule has 1 atom stereocenters. The van der Waals surface area contributed by atoms with E-state index >= 15 is 0 Å². The Morgan fingerprint density at radius 3 is 2.79 bits per heavy atom. The molecule has 1 fully saturated rings. The second kappa shape index (κ2) is 8.89. The molecule has 2 heterocycles. The molecule has 0 unspecified atom stereocenters. The second-order valence-corrected chi connectivity index (χ2v) is 8.24. The Labute approximate surface area is 171 Å². The number of H-pyrrole nitrogens is 1. The molecule has 1 aromatic heterocycles. The largest absolute Gasteiger partial charge is 0.396 e. The number of aromatic amines is 1. The third-order valence-corrected chi connectivity index (χ3v) is 6.09. The van der Waals surface area contributed by atoms with Crippen LogP contribution in [0.25, 0.3) is 11.3 Å². The number of likely N-dealkylation sites (tertiary alicyclic amines) is 1. The SMILES string of the molecule is OC[C@]1(CCc2ccccc2)CCCN(Cc2cn[nH]c2-c2cccc(F)c2)C1. The average molecular weight is 394 g/mol. The second-order valence-electron chi connectivity index (χ2n) is 8.24. The van der Waals surface area contributed by atoms with Crippen LogP contribution in [0.1, 0.15) is 30.4 Å². The van der Waals surface area contributed by atoms with Crippen molar-refractivity contribution in [1.29, 1.82) is 0 Å². The first-order chi connectivity index (χ1) is 14.2. The smallest absolute Gasteiger partial charge is 0.123 e. The summed E-state index contributed by atoms with van der Waals surface area (Å²) in [4.78, 5) is 2.40. The minimum absolute atomic E-state index is 0.0726. The van der Waals surface area contributed by atoms with E-state index in [1.54, 1.807) is 6.07 Å². The summed E-state index contributed by atoms with van der Waals surface area (Å²) in [5, 5.41) is 17.5. The van der Waals surface area contributed by atoms with E-state index in [-0.39, 0.29) is 17.8 Å². The van der Waals surface area contributed by atoms with Gasteiger partial charge in [0.25, 0.3) is 0 Å². The molecule has 0 spiro atoms. The zero-order valence-electron chi connectivity index (χ0n) is 16.6. The first-order valence-electron chi connectivity index (χ1n) is 10.3. The average Bonchev–Trinajstić information content (AvgIpc) is 3.21. The van der Waals surface area contributed by atoms with Crippen LogP contribution in [0.3, 0.4) is 0 Å². The van der Waals surface area contributed by atoms with E-state index in [1.807, 2.05) is 18.3 Å². The third kappa shape index (κ3) is 4.74. The number of hydrogen-bond acceptors (Lipinski definition) is 3. The van der Waals surface area contributed by atoms with Crippen LogP contribution in [0.2, 0.25) is 0 Å². The van der Waals surface area contributed by atoms with Crippen LogP contribution in [0.4, 0.5) is 4.39 Å². The zero-order chi connectivity index (χ0) is 20.1. The number of rotatable bonds is 7. The lowest BCUT2D eigenvalue weighted by molar-refractivity contribution is 0.0224. The molecule has 1 aliphatic heterocycles. The molecule has 1 saturated heterocycles. The van der Waals surface area contributed by atoms with E-state index in [9.17, 15) is 9.50 Å². The van der Waals surface area contributed by atoms with E-state index < -0.39 is 0 Å². The number of nitrogens with zero attached hydrogens (tertiary/aromatic N) is 2. The van der Waals surface area contributed by atoms with Gasteiger partial charge in [0.2, 0.25) is 0 Å². The maximum Gasteiger partial charge on any atom is 0.123 e. The quantitative estimate of drug-likeness (QED) is 0.625. The van der Waals surface area contributed by atoms with Crippen molar-refractivity contribution in [3.63, 3.8) is 0 Å². The lowest BCUT2D eigenvalue weighted by Crippen LogP contribution is -2.45. The Hall–Kier alpha value is -2.50. The van der Waals surface area contributed by atoms with Crippen molar-refractivity contribution in [3.8, 4) is 11.3 Å². The first-order valence-corrected chi connectivity index (χ1v) is 10.3. The number of halogens is 1. The van der Waals surface area contributed by atoms with Gasteiger partial charge in [-0.15, -0.1) is 0 Å². The van der Waals surface area contributed by atoms with Gasteiger partial charge >= 0.3 is 0 Å².